The van der Waals surface area contributed by atoms with E-state index in [0.717, 1.165) is 22.4 Å². The van der Waals surface area contributed by atoms with Crippen molar-refractivity contribution in [2.45, 2.75) is 33.2 Å². The molecule has 1 amide bonds. The van der Waals surface area contributed by atoms with Gasteiger partial charge in [0.2, 0.25) is 5.91 Å². The molecule has 1 N–H and O–H groups in total. The van der Waals surface area contributed by atoms with Gasteiger partial charge in [-0.15, -0.1) is 11.3 Å². The second-order valence-corrected chi connectivity index (χ2v) is 11.1. The number of rotatable bonds is 7. The largest absolute Gasteiger partial charge is 0.345 e. The fourth-order valence-corrected chi connectivity index (χ4v) is 6.13. The molecule has 3 heterocycles. The van der Waals surface area contributed by atoms with Crippen molar-refractivity contribution < 1.29 is 9.18 Å². The van der Waals surface area contributed by atoms with E-state index in [1.165, 1.54) is 27.9 Å². The van der Waals surface area contributed by atoms with Gasteiger partial charge in [-0.1, -0.05) is 66.7 Å². The number of amides is 1. The average Bonchev–Trinajstić information content (AvgIpc) is 3.56. The summed E-state index contributed by atoms with van der Waals surface area (Å²) in [6.07, 6.45) is -0.00376. The number of aromatic nitrogens is 4. The van der Waals surface area contributed by atoms with E-state index in [9.17, 15) is 14.0 Å². The molecule has 0 bridgehead atoms. The molecule has 42 heavy (non-hydrogen) atoms. The third-order valence-corrected chi connectivity index (χ3v) is 8.15. The number of carbonyl (C=O) groups excluding carboxylic acids is 1. The van der Waals surface area contributed by atoms with Gasteiger partial charge >= 0.3 is 0 Å². The third-order valence-electron chi connectivity index (χ3n) is 7.28. The lowest BCUT2D eigenvalue weighted by atomic mass is 9.98. The highest BCUT2D eigenvalue weighted by molar-refractivity contribution is 7.15. The Morgan fingerprint density at radius 2 is 1.62 bits per heavy atom. The van der Waals surface area contributed by atoms with E-state index in [4.69, 9.17) is 0 Å². The summed E-state index contributed by atoms with van der Waals surface area (Å²) in [4.78, 5) is 32.5. The Bertz CT molecular complexity index is 1940. The van der Waals surface area contributed by atoms with Crippen LogP contribution in [0.2, 0.25) is 0 Å². The smallest absolute Gasteiger partial charge is 0.268 e. The molecule has 0 aliphatic carbocycles. The first-order valence-corrected chi connectivity index (χ1v) is 14.4. The van der Waals surface area contributed by atoms with Crippen molar-refractivity contribution in [3.63, 3.8) is 0 Å². The number of hydrogen-bond donors (Lipinski definition) is 1. The van der Waals surface area contributed by atoms with Gasteiger partial charge < -0.3 is 5.32 Å². The van der Waals surface area contributed by atoms with Gasteiger partial charge in [-0.05, 0) is 55.7 Å². The maximum absolute atomic E-state index is 14.0. The molecular formula is C33H28FN5O2S. The van der Waals surface area contributed by atoms with Crippen LogP contribution >= 0.6 is 11.3 Å². The zero-order valence-electron chi connectivity index (χ0n) is 23.3. The van der Waals surface area contributed by atoms with Crippen LogP contribution in [0, 0.1) is 26.6 Å². The van der Waals surface area contributed by atoms with E-state index in [1.807, 2.05) is 74.5 Å². The first kappa shape index (κ1) is 27.3. The lowest BCUT2D eigenvalue weighted by molar-refractivity contribution is -0.121. The Hall–Kier alpha value is -4.89. The van der Waals surface area contributed by atoms with Gasteiger partial charge in [-0.3, -0.25) is 14.0 Å². The summed E-state index contributed by atoms with van der Waals surface area (Å²) in [6.45, 7) is 5.51. The van der Waals surface area contributed by atoms with Crippen molar-refractivity contribution in [1.29, 1.82) is 0 Å². The second-order valence-electron chi connectivity index (χ2n) is 10.2. The van der Waals surface area contributed by atoms with Gasteiger partial charge in [0.15, 0.2) is 4.96 Å². The normalized spacial score (nSPS) is 11.4. The number of aryl methyl sites for hydroxylation is 3. The van der Waals surface area contributed by atoms with E-state index in [1.54, 1.807) is 29.1 Å². The molecule has 0 spiro atoms. The van der Waals surface area contributed by atoms with Gasteiger partial charge in [-0.25, -0.2) is 14.1 Å². The number of halogens is 1. The van der Waals surface area contributed by atoms with Crippen LogP contribution in [0.15, 0.2) is 95.1 Å². The van der Waals surface area contributed by atoms with E-state index in [2.05, 4.69) is 15.4 Å². The minimum atomic E-state index is -0.366. The van der Waals surface area contributed by atoms with Gasteiger partial charge in [0.05, 0.1) is 29.4 Å². The molecule has 0 radical (unpaired) electrons. The summed E-state index contributed by atoms with van der Waals surface area (Å²) in [7, 11) is 0. The van der Waals surface area contributed by atoms with Crippen LogP contribution in [-0.2, 0) is 11.2 Å². The van der Waals surface area contributed by atoms with Crippen molar-refractivity contribution in [2.75, 3.05) is 0 Å². The van der Waals surface area contributed by atoms with Gasteiger partial charge in [0.25, 0.3) is 5.56 Å². The highest BCUT2D eigenvalue weighted by Crippen LogP contribution is 2.26. The Kier molecular flexibility index (Phi) is 7.26. The Labute approximate surface area is 245 Å². The summed E-state index contributed by atoms with van der Waals surface area (Å²) < 4.78 is 17.2. The second kappa shape index (κ2) is 11.2. The number of carbonyl (C=O) groups is 1. The zero-order valence-corrected chi connectivity index (χ0v) is 24.2. The molecule has 6 rings (SSSR count). The molecule has 7 nitrogen and oxygen atoms in total. The Morgan fingerprint density at radius 1 is 0.952 bits per heavy atom. The molecule has 0 atom stereocenters. The van der Waals surface area contributed by atoms with E-state index < -0.39 is 0 Å². The van der Waals surface area contributed by atoms with Crippen molar-refractivity contribution in [1.82, 2.24) is 24.5 Å². The molecule has 0 saturated carbocycles. The first-order chi connectivity index (χ1) is 20.3. The van der Waals surface area contributed by atoms with Crippen LogP contribution < -0.4 is 10.9 Å². The standard InChI is InChI=1S/C33H28FN5O2S/c1-20-14-15-25(34)17-28(20)39-21(2)16-27(37-39)30-22(3)35-33-38(32(30)41)26(19-42-33)18-29(40)36-31(23-10-6-4-7-11-23)24-12-8-5-9-13-24/h4-17,19,31H,18H2,1-3H3,(H,36,40). The van der Waals surface area contributed by atoms with E-state index >= 15 is 0 Å². The topological polar surface area (TPSA) is 81.3 Å². The summed E-state index contributed by atoms with van der Waals surface area (Å²) in [6, 6.07) is 25.6. The van der Waals surface area contributed by atoms with E-state index in [0.29, 0.717) is 33.3 Å². The zero-order chi connectivity index (χ0) is 29.4. The van der Waals surface area contributed by atoms with E-state index in [-0.39, 0.29) is 29.7 Å². The van der Waals surface area contributed by atoms with Crippen LogP contribution in [0.4, 0.5) is 4.39 Å². The fraction of sp³-hybridized carbons (Fsp3) is 0.152. The fourth-order valence-electron chi connectivity index (χ4n) is 5.20. The molecule has 210 valence electrons. The molecule has 6 aromatic rings. The lowest BCUT2D eigenvalue weighted by Gasteiger charge is -2.20. The van der Waals surface area contributed by atoms with Crippen molar-refractivity contribution in [3.05, 3.63) is 140 Å². The summed E-state index contributed by atoms with van der Waals surface area (Å²) in [5.74, 6) is -0.586. The summed E-state index contributed by atoms with van der Waals surface area (Å²) in [5.41, 5.74) is 5.69. The predicted octanol–water partition coefficient (Wildman–Crippen LogP) is 6.12. The maximum Gasteiger partial charge on any atom is 0.268 e. The minimum absolute atomic E-state index is 0.00376. The van der Waals surface area contributed by atoms with Gasteiger partial charge in [-0.2, -0.15) is 5.10 Å². The number of hydrogen-bond acceptors (Lipinski definition) is 5. The van der Waals surface area contributed by atoms with Crippen LogP contribution in [0.25, 0.3) is 21.9 Å². The summed E-state index contributed by atoms with van der Waals surface area (Å²) >= 11 is 1.31. The lowest BCUT2D eigenvalue weighted by Crippen LogP contribution is -2.31. The monoisotopic (exact) mass is 577 g/mol. The summed E-state index contributed by atoms with van der Waals surface area (Å²) in [5, 5.41) is 9.63. The highest BCUT2D eigenvalue weighted by atomic mass is 32.1. The van der Waals surface area contributed by atoms with Crippen LogP contribution in [0.1, 0.15) is 39.8 Å². The Morgan fingerprint density at radius 3 is 2.29 bits per heavy atom. The molecule has 0 aliphatic rings. The number of thiazole rings is 1. The average molecular weight is 578 g/mol. The third kappa shape index (κ3) is 5.14. The van der Waals surface area contributed by atoms with Gasteiger partial charge in [0.1, 0.15) is 11.5 Å². The van der Waals surface area contributed by atoms with Gasteiger partial charge in [0, 0.05) is 16.8 Å². The number of nitrogens with zero attached hydrogens (tertiary/aromatic N) is 4. The predicted molar refractivity (Wildman–Crippen MR) is 163 cm³/mol. The molecule has 3 aromatic heterocycles. The quantitative estimate of drug-likeness (QED) is 0.248. The van der Waals surface area contributed by atoms with Crippen molar-refractivity contribution in [2.24, 2.45) is 0 Å². The Balaban J connectivity index is 1.35. The van der Waals surface area contributed by atoms with Crippen molar-refractivity contribution in [3.8, 4) is 16.9 Å². The maximum atomic E-state index is 14.0. The molecular weight excluding hydrogens is 549 g/mol. The molecule has 3 aromatic carbocycles. The van der Waals surface area contributed by atoms with Crippen LogP contribution in [0.3, 0.4) is 0 Å². The number of fused-ring (bicyclic) bond motifs is 1. The number of benzene rings is 3. The van der Waals surface area contributed by atoms with Crippen molar-refractivity contribution >= 4 is 22.2 Å². The molecule has 0 saturated heterocycles. The molecule has 9 heteroatoms. The molecule has 0 fully saturated rings. The molecule has 0 aliphatic heterocycles. The first-order valence-electron chi connectivity index (χ1n) is 13.5. The van der Waals surface area contributed by atoms with Crippen LogP contribution in [0.5, 0.6) is 0 Å². The van der Waals surface area contributed by atoms with Crippen LogP contribution in [-0.4, -0.2) is 25.1 Å². The molecule has 0 unspecified atom stereocenters. The number of nitrogens with one attached hydrogen (secondary N) is 1. The highest BCUT2D eigenvalue weighted by Gasteiger charge is 2.22. The minimum Gasteiger partial charge on any atom is -0.345 e. The SMILES string of the molecule is Cc1ccc(F)cc1-n1nc(-c2c(C)nc3scc(CC(=O)NC(c4ccccc4)c4ccccc4)n3c2=O)cc1C.